The fourth-order valence-corrected chi connectivity index (χ4v) is 3.45. The minimum absolute atomic E-state index is 0.138. The molecule has 9 heteroatoms. The smallest absolute Gasteiger partial charge is 0.491 e. The van der Waals surface area contributed by atoms with Gasteiger partial charge in [-0.25, -0.2) is 4.79 Å². The lowest BCUT2D eigenvalue weighted by atomic mass is 10.1. The molecule has 0 aliphatic carbocycles. The van der Waals surface area contributed by atoms with E-state index in [0.717, 1.165) is 35.7 Å². The van der Waals surface area contributed by atoms with Crippen LogP contribution in [0.1, 0.15) is 24.0 Å². The Morgan fingerprint density at radius 2 is 1.66 bits per heavy atom. The summed E-state index contributed by atoms with van der Waals surface area (Å²) in [5, 5.41) is 2.94. The van der Waals surface area contributed by atoms with E-state index in [1.807, 2.05) is 54.2 Å². The molecular weight excluding hydrogens is 443 g/mol. The van der Waals surface area contributed by atoms with Crippen molar-refractivity contribution in [3.63, 3.8) is 0 Å². The van der Waals surface area contributed by atoms with Crippen molar-refractivity contribution >= 4 is 23.7 Å². The second kappa shape index (κ2) is 13.8. The van der Waals surface area contributed by atoms with Gasteiger partial charge in [0, 0.05) is 18.1 Å². The number of aryl methyl sites for hydroxylation is 1. The molecule has 2 aromatic carbocycles. The summed E-state index contributed by atoms with van der Waals surface area (Å²) < 4.78 is 45.4. The zero-order valence-corrected chi connectivity index (χ0v) is 18.3. The number of halogens is 3. The second-order valence-electron chi connectivity index (χ2n) is 6.89. The van der Waals surface area contributed by atoms with Gasteiger partial charge < -0.3 is 14.8 Å². The fourth-order valence-electron chi connectivity index (χ4n) is 2.68. The molecule has 0 bridgehead atoms. The number of hydrogen-bond acceptors (Lipinski definition) is 6. The molecule has 0 atom stereocenters. The Kier molecular flexibility index (Phi) is 11.1. The number of alkyl halides is 3. The monoisotopic (exact) mass is 469 g/mol. The molecule has 5 nitrogen and oxygen atoms in total. The van der Waals surface area contributed by atoms with Crippen LogP contribution in [0, 0.1) is 0 Å². The third kappa shape index (κ3) is 10.7. The van der Waals surface area contributed by atoms with Crippen molar-refractivity contribution in [2.75, 3.05) is 25.4 Å². The van der Waals surface area contributed by atoms with E-state index < -0.39 is 18.1 Å². The molecule has 0 unspecified atom stereocenters. The average molecular weight is 470 g/mol. The zero-order valence-electron chi connectivity index (χ0n) is 17.5. The summed E-state index contributed by atoms with van der Waals surface area (Å²) >= 11 is 1.82. The minimum atomic E-state index is -5.16. The Balaban J connectivity index is 1.51. The number of rotatable bonds is 13. The molecule has 0 saturated carbocycles. The van der Waals surface area contributed by atoms with Gasteiger partial charge in [-0.05, 0) is 42.6 Å². The Labute approximate surface area is 189 Å². The van der Waals surface area contributed by atoms with Gasteiger partial charge in [-0.2, -0.15) is 24.9 Å². The summed E-state index contributed by atoms with van der Waals surface area (Å²) in [4.78, 5) is 21.7. The number of ether oxygens (including phenoxy) is 2. The van der Waals surface area contributed by atoms with E-state index in [-0.39, 0.29) is 13.0 Å². The molecule has 2 aromatic rings. The number of carbonyl (C=O) groups is 2. The number of esters is 2. The van der Waals surface area contributed by atoms with Crippen LogP contribution in [-0.2, 0) is 26.5 Å². The lowest BCUT2D eigenvalue weighted by Crippen LogP contribution is -2.29. The van der Waals surface area contributed by atoms with Crippen LogP contribution >= 0.6 is 11.8 Å². The van der Waals surface area contributed by atoms with Crippen LogP contribution in [0.25, 0.3) is 0 Å². The standard InChI is InChI=1S/C23H26F3NO4S/c24-23(25,26)22(29)31-21(28)12-14-27-13-4-7-18-8-10-20(11-9-18)30-15-16-32-17-19-5-2-1-3-6-19/h1-3,5-6,8-11,27H,4,7,12-17H2. The van der Waals surface area contributed by atoms with Crippen LogP contribution in [0.5, 0.6) is 5.75 Å². The van der Waals surface area contributed by atoms with Crippen molar-refractivity contribution in [2.45, 2.75) is 31.2 Å². The molecule has 0 saturated heterocycles. The van der Waals surface area contributed by atoms with Gasteiger partial charge in [0.2, 0.25) is 0 Å². The van der Waals surface area contributed by atoms with Crippen LogP contribution in [0.4, 0.5) is 13.2 Å². The maximum Gasteiger partial charge on any atom is 0.491 e. The Hall–Kier alpha value is -2.52. The molecule has 0 aliphatic heterocycles. The van der Waals surface area contributed by atoms with Crippen molar-refractivity contribution in [1.29, 1.82) is 0 Å². The van der Waals surface area contributed by atoms with Crippen LogP contribution in [0.3, 0.4) is 0 Å². The molecular formula is C23H26F3NO4S. The highest BCUT2D eigenvalue weighted by Gasteiger charge is 2.42. The van der Waals surface area contributed by atoms with E-state index in [9.17, 15) is 22.8 Å². The third-order valence-electron chi connectivity index (χ3n) is 4.29. The minimum Gasteiger partial charge on any atom is -0.493 e. The number of hydrogen-bond donors (Lipinski definition) is 1. The normalized spacial score (nSPS) is 11.2. The van der Waals surface area contributed by atoms with Crippen molar-refractivity contribution < 1.29 is 32.2 Å². The molecule has 0 radical (unpaired) electrons. The molecule has 0 fully saturated rings. The molecule has 2 rings (SSSR count). The fraction of sp³-hybridized carbons (Fsp3) is 0.391. The number of thioether (sulfide) groups is 1. The van der Waals surface area contributed by atoms with Gasteiger partial charge in [0.25, 0.3) is 0 Å². The summed E-state index contributed by atoms with van der Waals surface area (Å²) in [6.07, 6.45) is -3.88. The van der Waals surface area contributed by atoms with E-state index >= 15 is 0 Å². The number of benzene rings is 2. The SMILES string of the molecule is O=C(CCNCCCc1ccc(OCCSCc2ccccc2)cc1)OC(=O)C(F)(F)F. The van der Waals surface area contributed by atoms with Crippen molar-refractivity contribution in [1.82, 2.24) is 5.32 Å². The molecule has 0 aromatic heterocycles. The van der Waals surface area contributed by atoms with Gasteiger partial charge in [-0.1, -0.05) is 42.5 Å². The zero-order chi connectivity index (χ0) is 23.2. The van der Waals surface area contributed by atoms with Crippen LogP contribution in [0.15, 0.2) is 54.6 Å². The van der Waals surface area contributed by atoms with Gasteiger partial charge in [-0.15, -0.1) is 0 Å². The van der Waals surface area contributed by atoms with Crippen LogP contribution in [-0.4, -0.2) is 43.6 Å². The van der Waals surface area contributed by atoms with Gasteiger partial charge >= 0.3 is 18.1 Å². The Bertz CT molecular complexity index is 829. The molecule has 32 heavy (non-hydrogen) atoms. The van der Waals surface area contributed by atoms with E-state index in [4.69, 9.17) is 4.74 Å². The van der Waals surface area contributed by atoms with Gasteiger partial charge in [0.1, 0.15) is 5.75 Å². The third-order valence-corrected chi connectivity index (χ3v) is 5.29. The summed E-state index contributed by atoms with van der Waals surface area (Å²) in [6, 6.07) is 18.1. The first-order valence-electron chi connectivity index (χ1n) is 10.2. The first kappa shape index (κ1) is 25.7. The first-order valence-corrected chi connectivity index (χ1v) is 11.4. The summed E-state index contributed by atoms with van der Waals surface area (Å²) in [5.74, 6) is -1.00. The molecule has 0 heterocycles. The largest absolute Gasteiger partial charge is 0.493 e. The average Bonchev–Trinajstić information content (AvgIpc) is 2.77. The van der Waals surface area contributed by atoms with Gasteiger partial charge in [0.05, 0.1) is 13.0 Å². The van der Waals surface area contributed by atoms with Gasteiger partial charge in [0.15, 0.2) is 0 Å². The molecule has 1 N–H and O–H groups in total. The highest BCUT2D eigenvalue weighted by Crippen LogP contribution is 2.17. The maximum atomic E-state index is 12.0. The quantitative estimate of drug-likeness (QED) is 0.264. The number of carbonyl (C=O) groups excluding carboxylic acids is 2. The first-order chi connectivity index (χ1) is 15.3. The van der Waals surface area contributed by atoms with Crippen LogP contribution < -0.4 is 10.1 Å². The molecule has 0 spiro atoms. The van der Waals surface area contributed by atoms with E-state index in [1.54, 1.807) is 0 Å². The lowest BCUT2D eigenvalue weighted by Gasteiger charge is -2.08. The van der Waals surface area contributed by atoms with Gasteiger partial charge in [-0.3, -0.25) is 4.79 Å². The second-order valence-corrected chi connectivity index (χ2v) is 8.00. The molecule has 174 valence electrons. The van der Waals surface area contributed by atoms with Crippen molar-refractivity contribution in [3.05, 3.63) is 65.7 Å². The molecule has 0 aliphatic rings. The van der Waals surface area contributed by atoms with Crippen LogP contribution in [0.2, 0.25) is 0 Å². The summed E-state index contributed by atoms with van der Waals surface area (Å²) in [5.41, 5.74) is 2.43. The summed E-state index contributed by atoms with van der Waals surface area (Å²) in [6.45, 7) is 1.36. The van der Waals surface area contributed by atoms with E-state index in [2.05, 4.69) is 22.2 Å². The predicted molar refractivity (Wildman–Crippen MR) is 118 cm³/mol. The van der Waals surface area contributed by atoms with E-state index in [0.29, 0.717) is 13.2 Å². The lowest BCUT2D eigenvalue weighted by molar-refractivity contribution is -0.201. The Morgan fingerprint density at radius 1 is 0.938 bits per heavy atom. The molecule has 0 amide bonds. The highest BCUT2D eigenvalue weighted by molar-refractivity contribution is 7.98. The maximum absolute atomic E-state index is 12.0. The topological polar surface area (TPSA) is 64.6 Å². The van der Waals surface area contributed by atoms with Crippen molar-refractivity contribution in [2.24, 2.45) is 0 Å². The van der Waals surface area contributed by atoms with Crippen molar-refractivity contribution in [3.8, 4) is 5.75 Å². The Morgan fingerprint density at radius 3 is 2.34 bits per heavy atom. The summed E-state index contributed by atoms with van der Waals surface area (Å²) in [7, 11) is 0. The number of nitrogens with one attached hydrogen (secondary N) is 1. The van der Waals surface area contributed by atoms with E-state index in [1.165, 1.54) is 5.56 Å². The highest BCUT2D eigenvalue weighted by atomic mass is 32.2. The predicted octanol–water partition coefficient (Wildman–Crippen LogP) is 4.54.